The van der Waals surface area contributed by atoms with E-state index in [1.165, 1.54) is 0 Å². The van der Waals surface area contributed by atoms with E-state index in [9.17, 15) is 9.90 Å². The molecule has 76 valence electrons. The fourth-order valence-electron chi connectivity index (χ4n) is 1.56. The van der Waals surface area contributed by atoms with Gasteiger partial charge in [-0.2, -0.15) is 0 Å². The van der Waals surface area contributed by atoms with E-state index in [1.807, 2.05) is 6.92 Å². The summed E-state index contributed by atoms with van der Waals surface area (Å²) in [6.07, 6.45) is 1.57. The third kappa shape index (κ3) is 2.67. The predicted octanol–water partition coefficient (Wildman–Crippen LogP) is 0.639. The van der Waals surface area contributed by atoms with Crippen LogP contribution in [0.4, 0.5) is 0 Å². The molecule has 0 unspecified atom stereocenters. The molecule has 0 saturated heterocycles. The molecule has 1 rings (SSSR count). The Morgan fingerprint density at radius 2 is 2.23 bits per heavy atom. The number of aliphatic carboxylic acids is 1. The molecule has 1 saturated carbocycles. The van der Waals surface area contributed by atoms with E-state index >= 15 is 0 Å². The average molecular weight is 188 g/mol. The lowest BCUT2D eigenvalue weighted by molar-refractivity contribution is -0.166. The van der Waals surface area contributed by atoms with Crippen molar-refractivity contribution in [2.24, 2.45) is 5.92 Å². The van der Waals surface area contributed by atoms with Crippen LogP contribution in [0.3, 0.4) is 0 Å². The number of hydrogen-bond donors (Lipinski definition) is 2. The molecule has 0 aromatic rings. The molecule has 0 radical (unpaired) electrons. The van der Waals surface area contributed by atoms with Gasteiger partial charge in [0.25, 0.3) is 0 Å². The highest BCUT2D eigenvalue weighted by atomic mass is 16.5. The molecule has 0 amide bonds. The fourth-order valence-corrected chi connectivity index (χ4v) is 1.56. The molecular weight excluding hydrogens is 172 g/mol. The zero-order valence-corrected chi connectivity index (χ0v) is 7.82. The summed E-state index contributed by atoms with van der Waals surface area (Å²) in [6, 6.07) is 0. The second-order valence-corrected chi connectivity index (χ2v) is 3.72. The van der Waals surface area contributed by atoms with E-state index in [0.29, 0.717) is 19.4 Å². The minimum absolute atomic E-state index is 0.268. The molecule has 13 heavy (non-hydrogen) atoms. The fraction of sp³-hybridized carbons (Fsp3) is 0.889. The molecule has 0 aliphatic heterocycles. The number of aliphatic hydroxyl groups is 1. The van der Waals surface area contributed by atoms with E-state index < -0.39 is 11.6 Å². The number of carboxylic acid groups (broad SMARTS) is 1. The van der Waals surface area contributed by atoms with Crippen molar-refractivity contribution in [3.8, 4) is 0 Å². The standard InChI is InChI=1S/C9H16O4/c1-2-3-13-6-9(12)4-7(5-9)8(10)11/h7,12H,2-6H2,1H3,(H,10,11). The second kappa shape index (κ2) is 4.07. The van der Waals surface area contributed by atoms with Crippen LogP contribution in [-0.4, -0.2) is 35.0 Å². The third-order valence-electron chi connectivity index (χ3n) is 2.32. The highest BCUT2D eigenvalue weighted by molar-refractivity contribution is 5.71. The van der Waals surface area contributed by atoms with Gasteiger partial charge in [0, 0.05) is 6.61 Å². The molecule has 0 heterocycles. The maximum absolute atomic E-state index is 10.4. The number of ether oxygens (including phenoxy) is 1. The first-order chi connectivity index (χ1) is 6.07. The van der Waals surface area contributed by atoms with Gasteiger partial charge in [-0.25, -0.2) is 0 Å². The Labute approximate surface area is 77.5 Å². The van der Waals surface area contributed by atoms with Crippen molar-refractivity contribution in [2.45, 2.75) is 31.8 Å². The lowest BCUT2D eigenvalue weighted by Crippen LogP contribution is -2.50. The smallest absolute Gasteiger partial charge is 0.306 e. The van der Waals surface area contributed by atoms with Gasteiger partial charge in [0.1, 0.15) is 0 Å². The van der Waals surface area contributed by atoms with Gasteiger partial charge in [-0.3, -0.25) is 4.79 Å². The van der Waals surface area contributed by atoms with Gasteiger partial charge in [-0.1, -0.05) is 6.92 Å². The molecular formula is C9H16O4. The van der Waals surface area contributed by atoms with Gasteiger partial charge in [0.2, 0.25) is 0 Å². The molecule has 1 aliphatic carbocycles. The molecule has 4 heteroatoms. The lowest BCUT2D eigenvalue weighted by Gasteiger charge is -2.41. The summed E-state index contributed by atoms with van der Waals surface area (Å²) in [6.45, 7) is 2.88. The molecule has 1 aliphatic rings. The summed E-state index contributed by atoms with van der Waals surface area (Å²) in [5.41, 5.74) is -0.877. The van der Waals surface area contributed by atoms with Crippen LogP contribution in [0.15, 0.2) is 0 Å². The van der Waals surface area contributed by atoms with Crippen LogP contribution in [0.25, 0.3) is 0 Å². The van der Waals surface area contributed by atoms with Crippen LogP contribution in [0.1, 0.15) is 26.2 Å². The second-order valence-electron chi connectivity index (χ2n) is 3.72. The Bertz CT molecular complexity index is 184. The van der Waals surface area contributed by atoms with Crippen LogP contribution in [0.5, 0.6) is 0 Å². The average Bonchev–Trinajstić information content (AvgIpc) is 2.00. The minimum Gasteiger partial charge on any atom is -0.481 e. The monoisotopic (exact) mass is 188 g/mol. The van der Waals surface area contributed by atoms with Crippen molar-refractivity contribution in [2.75, 3.05) is 13.2 Å². The zero-order chi connectivity index (χ0) is 9.90. The van der Waals surface area contributed by atoms with Gasteiger partial charge in [0.05, 0.1) is 18.1 Å². The quantitative estimate of drug-likeness (QED) is 0.621. The molecule has 1 fully saturated rings. The number of hydrogen-bond acceptors (Lipinski definition) is 3. The maximum Gasteiger partial charge on any atom is 0.306 e. The Morgan fingerprint density at radius 1 is 1.62 bits per heavy atom. The largest absolute Gasteiger partial charge is 0.481 e. The van der Waals surface area contributed by atoms with Gasteiger partial charge in [-0.15, -0.1) is 0 Å². The van der Waals surface area contributed by atoms with Crippen LogP contribution in [0, 0.1) is 5.92 Å². The van der Waals surface area contributed by atoms with Gasteiger partial charge < -0.3 is 14.9 Å². The van der Waals surface area contributed by atoms with Crippen LogP contribution >= 0.6 is 0 Å². The Hall–Kier alpha value is -0.610. The van der Waals surface area contributed by atoms with Crippen molar-refractivity contribution >= 4 is 5.97 Å². The first kappa shape index (κ1) is 10.5. The summed E-state index contributed by atoms with van der Waals surface area (Å²) in [4.78, 5) is 10.4. The van der Waals surface area contributed by atoms with E-state index in [4.69, 9.17) is 9.84 Å². The van der Waals surface area contributed by atoms with Crippen molar-refractivity contribution in [1.29, 1.82) is 0 Å². The first-order valence-electron chi connectivity index (χ1n) is 4.60. The van der Waals surface area contributed by atoms with Crippen molar-refractivity contribution in [3.05, 3.63) is 0 Å². The Kier molecular flexibility index (Phi) is 3.27. The van der Waals surface area contributed by atoms with Gasteiger partial charge in [-0.05, 0) is 19.3 Å². The molecule has 0 atom stereocenters. The number of carbonyl (C=O) groups is 1. The molecule has 0 bridgehead atoms. The summed E-state index contributed by atoms with van der Waals surface area (Å²) in [5, 5.41) is 18.3. The Morgan fingerprint density at radius 3 is 2.69 bits per heavy atom. The van der Waals surface area contributed by atoms with E-state index in [1.54, 1.807) is 0 Å². The molecule has 0 aromatic carbocycles. The van der Waals surface area contributed by atoms with Gasteiger partial charge >= 0.3 is 5.97 Å². The zero-order valence-electron chi connectivity index (χ0n) is 7.82. The molecule has 2 N–H and O–H groups in total. The molecule has 0 aromatic heterocycles. The van der Waals surface area contributed by atoms with E-state index in [2.05, 4.69) is 0 Å². The Balaban J connectivity index is 2.18. The SMILES string of the molecule is CCCOCC1(O)CC(C(=O)O)C1. The van der Waals surface area contributed by atoms with Gasteiger partial charge in [0.15, 0.2) is 0 Å². The molecule has 0 spiro atoms. The van der Waals surface area contributed by atoms with Crippen LogP contribution in [-0.2, 0) is 9.53 Å². The number of rotatable bonds is 5. The van der Waals surface area contributed by atoms with Crippen molar-refractivity contribution in [1.82, 2.24) is 0 Å². The van der Waals surface area contributed by atoms with Crippen molar-refractivity contribution < 1.29 is 19.7 Å². The third-order valence-corrected chi connectivity index (χ3v) is 2.32. The highest BCUT2D eigenvalue weighted by Gasteiger charge is 2.46. The predicted molar refractivity (Wildman–Crippen MR) is 46.4 cm³/mol. The molecule has 4 nitrogen and oxygen atoms in total. The summed E-state index contributed by atoms with van der Waals surface area (Å²) < 4.78 is 5.17. The highest BCUT2D eigenvalue weighted by Crippen LogP contribution is 2.38. The summed E-state index contributed by atoms with van der Waals surface area (Å²) in [5.74, 6) is -1.20. The summed E-state index contributed by atoms with van der Waals surface area (Å²) in [7, 11) is 0. The van der Waals surface area contributed by atoms with Crippen LogP contribution < -0.4 is 0 Å². The minimum atomic E-state index is -0.877. The number of carboxylic acids is 1. The normalized spacial score (nSPS) is 32.6. The maximum atomic E-state index is 10.4. The first-order valence-corrected chi connectivity index (χ1v) is 4.60. The topological polar surface area (TPSA) is 66.8 Å². The lowest BCUT2D eigenvalue weighted by atomic mass is 9.71. The van der Waals surface area contributed by atoms with E-state index in [0.717, 1.165) is 6.42 Å². The van der Waals surface area contributed by atoms with E-state index in [-0.39, 0.29) is 12.5 Å². The van der Waals surface area contributed by atoms with Crippen LogP contribution in [0.2, 0.25) is 0 Å². The van der Waals surface area contributed by atoms with Crippen molar-refractivity contribution in [3.63, 3.8) is 0 Å². The summed E-state index contributed by atoms with van der Waals surface area (Å²) >= 11 is 0.